The van der Waals surface area contributed by atoms with Gasteiger partial charge in [-0.3, -0.25) is 4.90 Å². The van der Waals surface area contributed by atoms with Crippen LogP contribution in [0.3, 0.4) is 0 Å². The largest absolute Gasteiger partial charge is 0.299 e. The third-order valence-corrected chi connectivity index (χ3v) is 3.81. The SMILES string of the molecule is CC(C)c1ccc(CN2CCC(C)(C)C2)cc1. The van der Waals surface area contributed by atoms with Crippen molar-refractivity contribution >= 4 is 0 Å². The predicted molar refractivity (Wildman–Crippen MR) is 74.2 cm³/mol. The molecule has 1 nitrogen and oxygen atoms in total. The van der Waals surface area contributed by atoms with E-state index >= 15 is 0 Å². The van der Waals surface area contributed by atoms with Crippen molar-refractivity contribution in [3.63, 3.8) is 0 Å². The van der Waals surface area contributed by atoms with Crippen molar-refractivity contribution in [3.05, 3.63) is 35.4 Å². The fourth-order valence-electron chi connectivity index (χ4n) is 2.63. The Bertz CT molecular complexity index is 362. The number of hydrogen-bond donors (Lipinski definition) is 0. The number of likely N-dealkylation sites (tertiary alicyclic amines) is 1. The van der Waals surface area contributed by atoms with Crippen LogP contribution < -0.4 is 0 Å². The minimum Gasteiger partial charge on any atom is -0.299 e. The zero-order valence-electron chi connectivity index (χ0n) is 11.7. The molecule has 2 rings (SSSR count). The van der Waals surface area contributed by atoms with Crippen LogP contribution in [0.2, 0.25) is 0 Å². The molecule has 0 unspecified atom stereocenters. The minimum absolute atomic E-state index is 0.512. The van der Waals surface area contributed by atoms with E-state index in [0.717, 1.165) is 6.54 Å². The molecule has 0 aromatic heterocycles. The summed E-state index contributed by atoms with van der Waals surface area (Å²) in [7, 11) is 0. The van der Waals surface area contributed by atoms with Gasteiger partial charge in [-0.2, -0.15) is 0 Å². The van der Waals surface area contributed by atoms with Gasteiger partial charge in [0.1, 0.15) is 0 Å². The summed E-state index contributed by atoms with van der Waals surface area (Å²) in [5.41, 5.74) is 3.40. The first-order valence-corrected chi connectivity index (χ1v) is 6.77. The van der Waals surface area contributed by atoms with Crippen LogP contribution in [0.15, 0.2) is 24.3 Å². The molecule has 1 aliphatic rings. The molecule has 1 fully saturated rings. The highest BCUT2D eigenvalue weighted by molar-refractivity contribution is 5.24. The summed E-state index contributed by atoms with van der Waals surface area (Å²) in [6, 6.07) is 9.14. The first-order chi connectivity index (χ1) is 7.96. The minimum atomic E-state index is 0.512. The van der Waals surface area contributed by atoms with Crippen molar-refractivity contribution < 1.29 is 0 Å². The molecule has 0 spiro atoms. The van der Waals surface area contributed by atoms with Crippen molar-refractivity contribution in [2.45, 2.75) is 46.6 Å². The number of rotatable bonds is 3. The highest BCUT2D eigenvalue weighted by atomic mass is 15.1. The van der Waals surface area contributed by atoms with E-state index in [1.54, 1.807) is 0 Å². The fourth-order valence-corrected chi connectivity index (χ4v) is 2.63. The van der Waals surface area contributed by atoms with Crippen molar-refractivity contribution in [1.29, 1.82) is 0 Å². The lowest BCUT2D eigenvalue weighted by molar-refractivity contribution is 0.284. The zero-order valence-corrected chi connectivity index (χ0v) is 11.7. The molecule has 1 aliphatic heterocycles. The maximum atomic E-state index is 2.57. The average molecular weight is 231 g/mol. The lowest BCUT2D eigenvalue weighted by Crippen LogP contribution is -2.22. The van der Waals surface area contributed by atoms with Gasteiger partial charge in [-0.1, -0.05) is 52.0 Å². The fraction of sp³-hybridized carbons (Fsp3) is 0.625. The normalized spacial score (nSPS) is 20.1. The molecule has 0 radical (unpaired) electrons. The Labute approximate surface area is 106 Å². The second kappa shape index (κ2) is 4.81. The first-order valence-electron chi connectivity index (χ1n) is 6.77. The number of nitrogens with zero attached hydrogens (tertiary/aromatic N) is 1. The molecule has 1 aromatic rings. The third-order valence-electron chi connectivity index (χ3n) is 3.81. The van der Waals surface area contributed by atoms with E-state index in [4.69, 9.17) is 0 Å². The van der Waals surface area contributed by atoms with E-state index in [0.29, 0.717) is 11.3 Å². The number of benzene rings is 1. The van der Waals surface area contributed by atoms with Gasteiger partial charge >= 0.3 is 0 Å². The Kier molecular flexibility index (Phi) is 3.58. The molecule has 0 amide bonds. The van der Waals surface area contributed by atoms with E-state index in [2.05, 4.69) is 56.9 Å². The quantitative estimate of drug-likeness (QED) is 0.759. The Morgan fingerprint density at radius 3 is 2.29 bits per heavy atom. The highest BCUT2D eigenvalue weighted by Crippen LogP contribution is 2.29. The monoisotopic (exact) mass is 231 g/mol. The van der Waals surface area contributed by atoms with E-state index in [1.807, 2.05) is 0 Å². The smallest absolute Gasteiger partial charge is 0.0233 e. The van der Waals surface area contributed by atoms with Crippen molar-refractivity contribution in [2.24, 2.45) is 5.41 Å². The van der Waals surface area contributed by atoms with Gasteiger partial charge in [0.2, 0.25) is 0 Å². The van der Waals surface area contributed by atoms with Gasteiger partial charge < -0.3 is 0 Å². The maximum Gasteiger partial charge on any atom is 0.0233 e. The highest BCUT2D eigenvalue weighted by Gasteiger charge is 2.28. The summed E-state index contributed by atoms with van der Waals surface area (Å²) in [6.45, 7) is 12.8. The molecular weight excluding hydrogens is 206 g/mol. The van der Waals surface area contributed by atoms with Gasteiger partial charge in [-0.15, -0.1) is 0 Å². The van der Waals surface area contributed by atoms with Crippen LogP contribution >= 0.6 is 0 Å². The number of hydrogen-bond acceptors (Lipinski definition) is 1. The van der Waals surface area contributed by atoms with Gasteiger partial charge in [0.25, 0.3) is 0 Å². The molecule has 94 valence electrons. The molecule has 0 aliphatic carbocycles. The second-order valence-corrected chi connectivity index (χ2v) is 6.52. The third kappa shape index (κ3) is 3.32. The summed E-state index contributed by atoms with van der Waals surface area (Å²) in [5, 5.41) is 0. The van der Waals surface area contributed by atoms with Crippen LogP contribution in [0.4, 0.5) is 0 Å². The summed E-state index contributed by atoms with van der Waals surface area (Å²) >= 11 is 0. The Hall–Kier alpha value is -0.820. The molecule has 1 heterocycles. The van der Waals surface area contributed by atoms with Gasteiger partial charge in [0.05, 0.1) is 0 Å². The average Bonchev–Trinajstić information content (AvgIpc) is 2.59. The van der Waals surface area contributed by atoms with Crippen molar-refractivity contribution in [3.8, 4) is 0 Å². The van der Waals surface area contributed by atoms with Crippen molar-refractivity contribution in [2.75, 3.05) is 13.1 Å². The summed E-state index contributed by atoms with van der Waals surface area (Å²) in [4.78, 5) is 2.57. The van der Waals surface area contributed by atoms with E-state index in [1.165, 1.54) is 30.6 Å². The topological polar surface area (TPSA) is 3.24 Å². The first kappa shape index (κ1) is 12.6. The van der Waals surface area contributed by atoms with Gasteiger partial charge in [0, 0.05) is 13.1 Å². The van der Waals surface area contributed by atoms with Crippen LogP contribution in [0.1, 0.15) is 51.2 Å². The van der Waals surface area contributed by atoms with E-state index in [-0.39, 0.29) is 0 Å². The molecule has 1 heteroatoms. The van der Waals surface area contributed by atoms with E-state index in [9.17, 15) is 0 Å². The van der Waals surface area contributed by atoms with Gasteiger partial charge in [-0.25, -0.2) is 0 Å². The van der Waals surface area contributed by atoms with Crippen LogP contribution in [-0.2, 0) is 6.54 Å². The standard InChI is InChI=1S/C16H25N/c1-13(2)15-7-5-14(6-8-15)11-17-10-9-16(3,4)12-17/h5-8,13H,9-12H2,1-4H3. The van der Waals surface area contributed by atoms with Gasteiger partial charge in [0.15, 0.2) is 0 Å². The molecule has 0 bridgehead atoms. The van der Waals surface area contributed by atoms with Crippen LogP contribution in [0.25, 0.3) is 0 Å². The molecular formula is C16H25N. The predicted octanol–water partition coefficient (Wildman–Crippen LogP) is 4.04. The molecule has 0 saturated carbocycles. The van der Waals surface area contributed by atoms with Crippen molar-refractivity contribution in [1.82, 2.24) is 4.90 Å². The molecule has 1 saturated heterocycles. The molecule has 1 aromatic carbocycles. The summed E-state index contributed by atoms with van der Waals surface area (Å²) < 4.78 is 0. The van der Waals surface area contributed by atoms with Crippen LogP contribution in [-0.4, -0.2) is 18.0 Å². The lowest BCUT2D eigenvalue weighted by Gasteiger charge is -2.19. The second-order valence-electron chi connectivity index (χ2n) is 6.52. The molecule has 0 N–H and O–H groups in total. The molecule has 0 atom stereocenters. The van der Waals surface area contributed by atoms with E-state index < -0.39 is 0 Å². The van der Waals surface area contributed by atoms with Gasteiger partial charge in [-0.05, 0) is 35.4 Å². The zero-order chi connectivity index (χ0) is 12.5. The lowest BCUT2D eigenvalue weighted by atomic mass is 9.93. The van der Waals surface area contributed by atoms with Crippen LogP contribution in [0, 0.1) is 5.41 Å². The Morgan fingerprint density at radius 2 is 1.82 bits per heavy atom. The molecule has 17 heavy (non-hydrogen) atoms. The van der Waals surface area contributed by atoms with Crippen LogP contribution in [0.5, 0.6) is 0 Å². The maximum absolute atomic E-state index is 2.57. The Morgan fingerprint density at radius 1 is 1.18 bits per heavy atom. The Balaban J connectivity index is 1.96. The summed E-state index contributed by atoms with van der Waals surface area (Å²) in [5.74, 6) is 0.634. The summed E-state index contributed by atoms with van der Waals surface area (Å²) in [6.07, 6.45) is 1.33.